The molecule has 20 heavy (non-hydrogen) atoms. The van der Waals surface area contributed by atoms with Gasteiger partial charge in [0.2, 0.25) is 0 Å². The standard InChI is InChI=1S/C12H17F3N2O3/c1-20-9-7-11(19,17-4-2-16-3-5-17)6-8(10(9)18)12(13,14)15/h7,16,18-19H,2-6H2,1H3. The van der Waals surface area contributed by atoms with Gasteiger partial charge in [0.15, 0.2) is 11.5 Å². The van der Waals surface area contributed by atoms with Gasteiger partial charge in [-0.3, -0.25) is 4.90 Å². The van der Waals surface area contributed by atoms with Crippen LogP contribution in [0.4, 0.5) is 13.2 Å². The largest absolute Gasteiger partial charge is 0.504 e. The van der Waals surface area contributed by atoms with Crippen molar-refractivity contribution in [3.63, 3.8) is 0 Å². The molecular formula is C12H17F3N2O3. The summed E-state index contributed by atoms with van der Waals surface area (Å²) < 4.78 is 43.7. The van der Waals surface area contributed by atoms with Crippen LogP contribution in [-0.4, -0.2) is 60.3 Å². The van der Waals surface area contributed by atoms with Crippen LogP contribution in [0, 0.1) is 0 Å². The molecule has 0 radical (unpaired) electrons. The van der Waals surface area contributed by atoms with Gasteiger partial charge in [0.05, 0.1) is 12.7 Å². The molecule has 2 rings (SSSR count). The number of methoxy groups -OCH3 is 1. The smallest absolute Gasteiger partial charge is 0.416 e. The molecule has 114 valence electrons. The van der Waals surface area contributed by atoms with Crippen LogP contribution in [0.1, 0.15) is 6.42 Å². The van der Waals surface area contributed by atoms with Crippen molar-refractivity contribution in [1.82, 2.24) is 10.2 Å². The lowest BCUT2D eigenvalue weighted by Crippen LogP contribution is -2.57. The summed E-state index contributed by atoms with van der Waals surface area (Å²) in [7, 11) is 1.15. The van der Waals surface area contributed by atoms with Gasteiger partial charge in [0.1, 0.15) is 5.72 Å². The van der Waals surface area contributed by atoms with E-state index in [0.29, 0.717) is 26.2 Å². The number of hydrogen-bond donors (Lipinski definition) is 3. The van der Waals surface area contributed by atoms with E-state index < -0.39 is 29.7 Å². The van der Waals surface area contributed by atoms with Crippen LogP contribution < -0.4 is 5.32 Å². The number of alkyl halides is 3. The van der Waals surface area contributed by atoms with Crippen molar-refractivity contribution in [2.75, 3.05) is 33.3 Å². The molecule has 0 bridgehead atoms. The zero-order valence-electron chi connectivity index (χ0n) is 11.0. The number of hydrogen-bond acceptors (Lipinski definition) is 5. The van der Waals surface area contributed by atoms with Gasteiger partial charge in [0.25, 0.3) is 0 Å². The molecular weight excluding hydrogens is 277 g/mol. The normalized spacial score (nSPS) is 29.4. The average Bonchev–Trinajstić information content (AvgIpc) is 2.41. The number of rotatable bonds is 2. The van der Waals surface area contributed by atoms with E-state index >= 15 is 0 Å². The Labute approximate surface area is 114 Å². The Morgan fingerprint density at radius 2 is 1.95 bits per heavy atom. The third kappa shape index (κ3) is 2.77. The second-order valence-corrected chi connectivity index (χ2v) is 4.83. The molecule has 0 saturated carbocycles. The molecule has 8 heteroatoms. The highest BCUT2D eigenvalue weighted by Crippen LogP contribution is 2.41. The van der Waals surface area contributed by atoms with Crippen molar-refractivity contribution in [1.29, 1.82) is 0 Å². The Kier molecular flexibility index (Phi) is 3.99. The SMILES string of the molecule is COC1=CC(O)(N2CCNCC2)CC(C(F)(F)F)=C1O. The Hall–Kier alpha value is -1.25. The van der Waals surface area contributed by atoms with Gasteiger partial charge in [-0.15, -0.1) is 0 Å². The van der Waals surface area contributed by atoms with Crippen LogP contribution >= 0.6 is 0 Å². The summed E-state index contributed by atoms with van der Waals surface area (Å²) in [5.41, 5.74) is -2.97. The van der Waals surface area contributed by atoms with Crippen molar-refractivity contribution in [3.05, 3.63) is 23.2 Å². The summed E-state index contributed by atoms with van der Waals surface area (Å²) in [6.45, 7) is 1.98. The predicted octanol–water partition coefficient (Wildman–Crippen LogP) is 0.889. The Morgan fingerprint density at radius 3 is 2.45 bits per heavy atom. The first-order valence-corrected chi connectivity index (χ1v) is 6.22. The highest BCUT2D eigenvalue weighted by atomic mass is 19.4. The Balaban J connectivity index is 2.36. The number of nitrogens with one attached hydrogen (secondary N) is 1. The van der Waals surface area contributed by atoms with Crippen LogP contribution in [0.2, 0.25) is 0 Å². The van der Waals surface area contributed by atoms with E-state index in [1.165, 1.54) is 0 Å². The lowest BCUT2D eigenvalue weighted by atomic mass is 9.92. The fourth-order valence-electron chi connectivity index (χ4n) is 2.47. The maximum absolute atomic E-state index is 13.0. The number of aliphatic hydroxyl groups is 2. The first-order valence-electron chi connectivity index (χ1n) is 6.22. The monoisotopic (exact) mass is 294 g/mol. The molecule has 3 N–H and O–H groups in total. The third-order valence-corrected chi connectivity index (χ3v) is 3.55. The van der Waals surface area contributed by atoms with Crippen molar-refractivity contribution in [2.45, 2.75) is 18.3 Å². The van der Waals surface area contributed by atoms with Crippen LogP contribution in [0.3, 0.4) is 0 Å². The van der Waals surface area contributed by atoms with E-state index in [1.807, 2.05) is 0 Å². The molecule has 1 atom stereocenters. The quantitative estimate of drug-likeness (QED) is 0.706. The van der Waals surface area contributed by atoms with Crippen LogP contribution in [0.15, 0.2) is 23.2 Å². The molecule has 1 aliphatic heterocycles. The summed E-state index contributed by atoms with van der Waals surface area (Å²) in [5.74, 6) is -1.32. The fourth-order valence-corrected chi connectivity index (χ4v) is 2.47. The first kappa shape index (κ1) is 15.1. The van der Waals surface area contributed by atoms with E-state index in [2.05, 4.69) is 5.32 Å². The maximum atomic E-state index is 13.0. The first-order chi connectivity index (χ1) is 9.28. The summed E-state index contributed by atoms with van der Waals surface area (Å²) in [6, 6.07) is 0. The van der Waals surface area contributed by atoms with E-state index in [1.54, 1.807) is 4.90 Å². The van der Waals surface area contributed by atoms with Crippen LogP contribution in [0.5, 0.6) is 0 Å². The van der Waals surface area contributed by atoms with Gasteiger partial charge in [-0.05, 0) is 0 Å². The molecule has 1 aliphatic carbocycles. The molecule has 1 unspecified atom stereocenters. The number of ether oxygens (including phenoxy) is 1. The maximum Gasteiger partial charge on any atom is 0.416 e. The Bertz CT molecular complexity index is 442. The molecule has 0 aromatic heterocycles. The molecule has 0 spiro atoms. The molecule has 1 fully saturated rings. The van der Waals surface area contributed by atoms with Crippen LogP contribution in [-0.2, 0) is 4.74 Å². The number of piperazine rings is 1. The van der Waals surface area contributed by atoms with Gasteiger partial charge >= 0.3 is 6.18 Å². The summed E-state index contributed by atoms with van der Waals surface area (Å²) in [6.07, 6.45) is -4.29. The highest BCUT2D eigenvalue weighted by molar-refractivity contribution is 5.36. The second kappa shape index (κ2) is 5.27. The lowest BCUT2D eigenvalue weighted by Gasteiger charge is -2.42. The van der Waals surface area contributed by atoms with Crippen molar-refractivity contribution in [2.24, 2.45) is 0 Å². The number of halogens is 3. The van der Waals surface area contributed by atoms with Gasteiger partial charge in [-0.1, -0.05) is 0 Å². The van der Waals surface area contributed by atoms with Crippen LogP contribution in [0.25, 0.3) is 0 Å². The van der Waals surface area contributed by atoms with Gasteiger partial charge in [-0.25, -0.2) is 0 Å². The Morgan fingerprint density at radius 1 is 1.35 bits per heavy atom. The minimum atomic E-state index is -4.72. The van der Waals surface area contributed by atoms with E-state index in [4.69, 9.17) is 4.74 Å². The second-order valence-electron chi connectivity index (χ2n) is 4.83. The van der Waals surface area contributed by atoms with E-state index in [9.17, 15) is 23.4 Å². The van der Waals surface area contributed by atoms with Gasteiger partial charge in [-0.2, -0.15) is 13.2 Å². The van der Waals surface area contributed by atoms with Crippen molar-refractivity contribution in [3.8, 4) is 0 Å². The average molecular weight is 294 g/mol. The highest BCUT2D eigenvalue weighted by Gasteiger charge is 2.48. The molecule has 0 aromatic rings. The van der Waals surface area contributed by atoms with Crippen molar-refractivity contribution < 1.29 is 28.1 Å². The van der Waals surface area contributed by atoms with Gasteiger partial charge in [0, 0.05) is 38.7 Å². The molecule has 1 saturated heterocycles. The molecule has 0 amide bonds. The topological polar surface area (TPSA) is 65.0 Å². The minimum Gasteiger partial charge on any atom is -0.504 e. The molecule has 1 heterocycles. The zero-order chi connectivity index (χ0) is 15.0. The third-order valence-electron chi connectivity index (χ3n) is 3.55. The summed E-state index contributed by atoms with van der Waals surface area (Å²) in [5, 5.41) is 23.2. The van der Waals surface area contributed by atoms with E-state index in [-0.39, 0.29) is 5.76 Å². The molecule has 2 aliphatic rings. The number of nitrogens with zero attached hydrogens (tertiary/aromatic N) is 1. The molecule has 0 aromatic carbocycles. The number of aliphatic hydroxyl groups excluding tert-OH is 1. The minimum absolute atomic E-state index is 0.357. The summed E-state index contributed by atoms with van der Waals surface area (Å²) in [4.78, 5) is 1.54. The molecule has 5 nitrogen and oxygen atoms in total. The van der Waals surface area contributed by atoms with E-state index in [0.717, 1.165) is 13.2 Å². The predicted molar refractivity (Wildman–Crippen MR) is 64.8 cm³/mol. The van der Waals surface area contributed by atoms with Crippen molar-refractivity contribution >= 4 is 0 Å². The van der Waals surface area contributed by atoms with Gasteiger partial charge < -0.3 is 20.3 Å². The fraction of sp³-hybridized carbons (Fsp3) is 0.667. The summed E-state index contributed by atoms with van der Waals surface area (Å²) >= 11 is 0. The lowest BCUT2D eigenvalue weighted by molar-refractivity contribution is -0.125. The zero-order valence-corrected chi connectivity index (χ0v) is 11.0.